The fraction of sp³-hybridized carbons (Fsp3) is 0.938. The molecule has 0 aliphatic heterocycles. The second-order valence-electron chi connectivity index (χ2n) is 6.52. The van der Waals surface area contributed by atoms with Gasteiger partial charge in [-0.05, 0) is 59.8 Å². The Morgan fingerprint density at radius 2 is 1.67 bits per heavy atom. The smallest absolute Gasteiger partial charge is 0.103 e. The second-order valence-corrected chi connectivity index (χ2v) is 6.52. The fourth-order valence-electron chi connectivity index (χ4n) is 3.81. The van der Waals surface area contributed by atoms with E-state index < -0.39 is 0 Å². The Morgan fingerprint density at radius 1 is 1.00 bits per heavy atom. The molecule has 1 atom stereocenters. The molecule has 105 valence electrons. The van der Waals surface area contributed by atoms with Crippen LogP contribution in [0.2, 0.25) is 0 Å². The van der Waals surface area contributed by atoms with Gasteiger partial charge in [0.2, 0.25) is 0 Å². The molecule has 18 heavy (non-hydrogen) atoms. The lowest BCUT2D eigenvalue weighted by atomic mass is 9.82. The van der Waals surface area contributed by atoms with E-state index in [1.165, 1.54) is 44.6 Å². The van der Waals surface area contributed by atoms with Gasteiger partial charge in [0, 0.05) is 5.92 Å². The van der Waals surface area contributed by atoms with Crippen LogP contribution in [0.1, 0.15) is 72.6 Å². The quantitative estimate of drug-likeness (QED) is 0.719. The molecule has 0 saturated heterocycles. The Bertz CT molecular complexity index is 254. The zero-order chi connectivity index (χ0) is 13.2. The van der Waals surface area contributed by atoms with E-state index in [9.17, 15) is 0 Å². The third kappa shape index (κ3) is 3.08. The standard InChI is InChI=1S/C16H29O2/c1-12(2)17-15-9-7-8-14(15)16(18-13(3)4)10-5-6-11-16/h12-14H,5-11H2,1-4H3. The summed E-state index contributed by atoms with van der Waals surface area (Å²) in [6.07, 6.45) is 10.7. The molecular weight excluding hydrogens is 224 g/mol. The molecule has 0 bridgehead atoms. The van der Waals surface area contributed by atoms with E-state index in [2.05, 4.69) is 27.7 Å². The number of hydrogen-bond donors (Lipinski definition) is 0. The van der Waals surface area contributed by atoms with Crippen molar-refractivity contribution in [1.82, 2.24) is 0 Å². The van der Waals surface area contributed by atoms with Gasteiger partial charge in [-0.25, -0.2) is 0 Å². The molecule has 0 N–H and O–H groups in total. The lowest BCUT2D eigenvalue weighted by molar-refractivity contribution is -0.124. The van der Waals surface area contributed by atoms with Gasteiger partial charge in [-0.15, -0.1) is 0 Å². The van der Waals surface area contributed by atoms with Crippen LogP contribution in [0.3, 0.4) is 0 Å². The lowest BCUT2D eigenvalue weighted by Crippen LogP contribution is -2.42. The van der Waals surface area contributed by atoms with Crippen LogP contribution in [0.5, 0.6) is 0 Å². The van der Waals surface area contributed by atoms with Gasteiger partial charge in [0.15, 0.2) is 0 Å². The van der Waals surface area contributed by atoms with Gasteiger partial charge in [0.25, 0.3) is 0 Å². The Balaban J connectivity index is 2.09. The Hall–Kier alpha value is -0.0800. The predicted octanol–water partition coefficient (Wildman–Crippen LogP) is 4.48. The van der Waals surface area contributed by atoms with E-state index in [-0.39, 0.29) is 5.60 Å². The summed E-state index contributed by atoms with van der Waals surface area (Å²) in [7, 11) is 0. The SMILES string of the molecule is CC(C)O[C]1CCCC1C1(OC(C)C)CCCC1. The van der Waals surface area contributed by atoms with Crippen molar-refractivity contribution in [2.24, 2.45) is 5.92 Å². The summed E-state index contributed by atoms with van der Waals surface area (Å²) < 4.78 is 12.5. The third-order valence-electron chi connectivity index (χ3n) is 4.25. The highest BCUT2D eigenvalue weighted by molar-refractivity contribution is 5.07. The van der Waals surface area contributed by atoms with Crippen molar-refractivity contribution in [3.05, 3.63) is 6.10 Å². The lowest BCUT2D eigenvalue weighted by Gasteiger charge is -2.40. The first kappa shape index (κ1) is 14.3. The van der Waals surface area contributed by atoms with E-state index in [0.29, 0.717) is 18.1 Å². The van der Waals surface area contributed by atoms with Gasteiger partial charge in [-0.3, -0.25) is 0 Å². The maximum atomic E-state index is 6.39. The zero-order valence-corrected chi connectivity index (χ0v) is 12.5. The summed E-state index contributed by atoms with van der Waals surface area (Å²) in [5.41, 5.74) is 0.0922. The van der Waals surface area contributed by atoms with Crippen LogP contribution in [-0.2, 0) is 9.47 Å². The van der Waals surface area contributed by atoms with Crippen molar-refractivity contribution in [2.75, 3.05) is 0 Å². The van der Waals surface area contributed by atoms with Crippen LogP contribution in [0, 0.1) is 12.0 Å². The van der Waals surface area contributed by atoms with Crippen molar-refractivity contribution in [2.45, 2.75) is 90.4 Å². The van der Waals surface area contributed by atoms with Crippen molar-refractivity contribution < 1.29 is 9.47 Å². The zero-order valence-electron chi connectivity index (χ0n) is 12.5. The topological polar surface area (TPSA) is 18.5 Å². The average Bonchev–Trinajstić information content (AvgIpc) is 2.85. The average molecular weight is 253 g/mol. The minimum absolute atomic E-state index is 0.0922. The Kier molecular flexibility index (Phi) is 4.71. The highest BCUT2D eigenvalue weighted by Crippen LogP contribution is 2.51. The molecule has 2 nitrogen and oxygen atoms in total. The maximum Gasteiger partial charge on any atom is 0.103 e. The maximum absolute atomic E-state index is 6.39. The van der Waals surface area contributed by atoms with Crippen molar-refractivity contribution in [1.29, 1.82) is 0 Å². The van der Waals surface area contributed by atoms with Crippen molar-refractivity contribution in [3.63, 3.8) is 0 Å². The molecule has 2 heteroatoms. The first-order chi connectivity index (χ1) is 8.53. The minimum atomic E-state index is 0.0922. The molecule has 2 aliphatic rings. The largest absolute Gasteiger partial charge is 0.372 e. The molecule has 0 spiro atoms. The molecule has 0 aromatic carbocycles. The van der Waals surface area contributed by atoms with Crippen LogP contribution < -0.4 is 0 Å². The molecule has 0 heterocycles. The van der Waals surface area contributed by atoms with Crippen LogP contribution in [0.25, 0.3) is 0 Å². The first-order valence-corrected chi connectivity index (χ1v) is 7.74. The van der Waals surface area contributed by atoms with Gasteiger partial charge >= 0.3 is 0 Å². The molecule has 2 fully saturated rings. The Morgan fingerprint density at radius 3 is 2.22 bits per heavy atom. The van der Waals surface area contributed by atoms with Crippen molar-refractivity contribution in [3.8, 4) is 0 Å². The van der Waals surface area contributed by atoms with E-state index >= 15 is 0 Å². The summed E-state index contributed by atoms with van der Waals surface area (Å²) in [6.45, 7) is 8.59. The third-order valence-corrected chi connectivity index (χ3v) is 4.25. The van der Waals surface area contributed by atoms with Crippen LogP contribution in [0.15, 0.2) is 0 Å². The normalized spacial score (nSPS) is 28.7. The molecular formula is C16H29O2. The molecule has 2 aliphatic carbocycles. The molecule has 0 aromatic rings. The molecule has 2 saturated carbocycles. The van der Waals surface area contributed by atoms with Crippen LogP contribution in [0.4, 0.5) is 0 Å². The summed E-state index contributed by atoms with van der Waals surface area (Å²) in [5.74, 6) is 0.546. The van der Waals surface area contributed by atoms with Crippen molar-refractivity contribution >= 4 is 0 Å². The first-order valence-electron chi connectivity index (χ1n) is 7.74. The minimum Gasteiger partial charge on any atom is -0.372 e. The summed E-state index contributed by atoms with van der Waals surface area (Å²) in [6, 6.07) is 0. The molecule has 0 amide bonds. The fourth-order valence-corrected chi connectivity index (χ4v) is 3.81. The number of ether oxygens (including phenoxy) is 2. The highest BCUT2D eigenvalue weighted by Gasteiger charge is 2.49. The molecule has 2 rings (SSSR count). The highest BCUT2D eigenvalue weighted by atomic mass is 16.5. The Labute approximate surface area is 112 Å². The summed E-state index contributed by atoms with van der Waals surface area (Å²) in [4.78, 5) is 0. The van der Waals surface area contributed by atoms with E-state index in [4.69, 9.17) is 9.47 Å². The molecule has 1 radical (unpaired) electrons. The molecule has 0 aromatic heterocycles. The number of hydrogen-bond acceptors (Lipinski definition) is 2. The van der Waals surface area contributed by atoms with Gasteiger partial charge in [-0.2, -0.15) is 0 Å². The van der Waals surface area contributed by atoms with Crippen LogP contribution in [-0.4, -0.2) is 17.8 Å². The van der Waals surface area contributed by atoms with Crippen LogP contribution >= 0.6 is 0 Å². The second kappa shape index (κ2) is 5.92. The van der Waals surface area contributed by atoms with Gasteiger partial charge < -0.3 is 9.47 Å². The monoisotopic (exact) mass is 253 g/mol. The summed E-state index contributed by atoms with van der Waals surface area (Å²) in [5, 5.41) is 0. The van der Waals surface area contributed by atoms with E-state index in [0.717, 1.165) is 6.42 Å². The summed E-state index contributed by atoms with van der Waals surface area (Å²) >= 11 is 0. The molecule has 1 unspecified atom stereocenters. The van der Waals surface area contributed by atoms with Gasteiger partial charge in [0.05, 0.1) is 17.8 Å². The van der Waals surface area contributed by atoms with E-state index in [1.807, 2.05) is 0 Å². The predicted molar refractivity (Wildman–Crippen MR) is 74.2 cm³/mol. The van der Waals surface area contributed by atoms with E-state index in [1.54, 1.807) is 0 Å². The van der Waals surface area contributed by atoms with Gasteiger partial charge in [-0.1, -0.05) is 12.8 Å². The van der Waals surface area contributed by atoms with Gasteiger partial charge in [0.1, 0.15) is 6.10 Å². The number of rotatable bonds is 5.